The van der Waals surface area contributed by atoms with E-state index in [1.165, 1.54) is 179 Å². The fourth-order valence-corrected chi connectivity index (χ4v) is 7.26. The second-order valence-electron chi connectivity index (χ2n) is 15.2. The zero-order valence-electron chi connectivity index (χ0n) is 31.6. The summed E-state index contributed by atoms with van der Waals surface area (Å²) < 4.78 is 0.807. The van der Waals surface area contributed by atoms with E-state index in [2.05, 4.69) is 40.1 Å². The molecular formula is C41H82N3O+. The maximum absolute atomic E-state index is 12.8. The summed E-state index contributed by atoms with van der Waals surface area (Å²) in [5.41, 5.74) is 0. The quantitative estimate of drug-likeness (QED) is 0.0567. The van der Waals surface area contributed by atoms with Crippen LogP contribution in [0, 0.1) is 5.92 Å². The largest absolute Gasteiger partial charge is 0.307 e. The number of rotatable bonds is 33. The van der Waals surface area contributed by atoms with Crippen LogP contribution in [0.2, 0.25) is 0 Å². The number of quaternary nitrogens is 1. The Kier molecular flexibility index (Phi) is 27.4. The predicted octanol–water partition coefficient (Wildman–Crippen LogP) is 12.7. The highest BCUT2D eigenvalue weighted by Crippen LogP contribution is 2.22. The number of hydrogen-bond acceptors (Lipinski definition) is 2. The molecule has 1 amide bonds. The van der Waals surface area contributed by atoms with Crippen LogP contribution in [-0.2, 0) is 4.79 Å². The van der Waals surface area contributed by atoms with E-state index < -0.39 is 0 Å². The highest BCUT2D eigenvalue weighted by atomic mass is 16.1. The smallest absolute Gasteiger partial charge is 0.224 e. The lowest BCUT2D eigenvalue weighted by molar-refractivity contribution is -0.843. The molecular weight excluding hydrogens is 550 g/mol. The number of unbranched alkanes of at least 4 members (excludes halogenated alkanes) is 23. The number of carbonyl (C=O) groups excluding carboxylic acids is 1. The van der Waals surface area contributed by atoms with Gasteiger partial charge in [-0.2, -0.15) is 0 Å². The van der Waals surface area contributed by atoms with Crippen LogP contribution < -0.4 is 5.32 Å². The molecule has 0 aromatic heterocycles. The van der Waals surface area contributed by atoms with Gasteiger partial charge in [0.1, 0.15) is 6.54 Å². The van der Waals surface area contributed by atoms with E-state index in [-0.39, 0.29) is 12.1 Å². The van der Waals surface area contributed by atoms with Crippen molar-refractivity contribution in [2.75, 3.05) is 20.1 Å². The molecule has 45 heavy (non-hydrogen) atoms. The molecule has 4 heteroatoms. The normalized spacial score (nSPS) is 17.8. The first-order valence-electron chi connectivity index (χ1n) is 20.6. The van der Waals surface area contributed by atoms with Crippen molar-refractivity contribution < 1.29 is 9.28 Å². The number of carbonyl (C=O) groups is 1. The molecule has 1 heterocycles. The van der Waals surface area contributed by atoms with Gasteiger partial charge < -0.3 is 5.32 Å². The summed E-state index contributed by atoms with van der Waals surface area (Å²) in [6.07, 6.45) is 40.3. The van der Waals surface area contributed by atoms with Crippen LogP contribution in [0.1, 0.15) is 220 Å². The Bertz CT molecular complexity index is 707. The highest BCUT2D eigenvalue weighted by molar-refractivity contribution is 5.78. The van der Waals surface area contributed by atoms with Crippen LogP contribution in [0.15, 0.2) is 4.99 Å². The van der Waals surface area contributed by atoms with Crippen LogP contribution in [-0.4, -0.2) is 42.5 Å². The molecule has 0 saturated carbocycles. The fourth-order valence-electron chi connectivity index (χ4n) is 7.26. The van der Waals surface area contributed by atoms with Crippen LogP contribution in [0.25, 0.3) is 0 Å². The van der Waals surface area contributed by atoms with Gasteiger partial charge in [0.2, 0.25) is 5.91 Å². The zero-order valence-corrected chi connectivity index (χ0v) is 31.6. The average Bonchev–Trinajstić information content (AvgIpc) is 3.41. The second-order valence-corrected chi connectivity index (χ2v) is 15.2. The molecule has 3 unspecified atom stereocenters. The molecule has 3 atom stereocenters. The van der Waals surface area contributed by atoms with E-state index in [1.807, 2.05) is 0 Å². The van der Waals surface area contributed by atoms with E-state index in [1.54, 1.807) is 0 Å². The summed E-state index contributed by atoms with van der Waals surface area (Å²) in [5.74, 6) is 2.44. The van der Waals surface area contributed by atoms with Gasteiger partial charge in [-0.25, -0.2) is 4.99 Å². The van der Waals surface area contributed by atoms with Gasteiger partial charge in [0.25, 0.3) is 0 Å². The molecule has 0 radical (unpaired) electrons. The van der Waals surface area contributed by atoms with Crippen molar-refractivity contribution in [3.05, 3.63) is 0 Å². The second kappa shape index (κ2) is 29.3. The Hall–Kier alpha value is -0.900. The van der Waals surface area contributed by atoms with Gasteiger partial charge in [-0.05, 0) is 18.8 Å². The molecule has 1 N–H and O–H groups in total. The molecule has 0 aromatic carbocycles. The minimum atomic E-state index is 0.115. The number of amidine groups is 1. The molecule has 0 aromatic rings. The molecule has 1 aliphatic rings. The minimum Gasteiger partial charge on any atom is -0.307 e. The van der Waals surface area contributed by atoms with Gasteiger partial charge in [-0.15, -0.1) is 0 Å². The van der Waals surface area contributed by atoms with Gasteiger partial charge in [-0.1, -0.05) is 188 Å². The Labute approximate surface area is 283 Å². The Balaban J connectivity index is 2.02. The number of nitrogens with zero attached hydrogens (tertiary/aromatic N) is 2. The van der Waals surface area contributed by atoms with Crippen LogP contribution in [0.5, 0.6) is 0 Å². The third-order valence-electron chi connectivity index (χ3n) is 10.8. The predicted molar refractivity (Wildman–Crippen MR) is 200 cm³/mol. The van der Waals surface area contributed by atoms with Crippen molar-refractivity contribution in [1.82, 2.24) is 5.32 Å². The van der Waals surface area contributed by atoms with Gasteiger partial charge in [0.05, 0.1) is 13.6 Å². The number of aliphatic imine (C=N–C) groups is 1. The number of hydrogen-bond donors (Lipinski definition) is 1. The number of nitrogens with one attached hydrogen (secondary N) is 1. The van der Waals surface area contributed by atoms with E-state index in [0.717, 1.165) is 36.3 Å². The van der Waals surface area contributed by atoms with E-state index in [9.17, 15) is 4.79 Å². The summed E-state index contributed by atoms with van der Waals surface area (Å²) in [6, 6.07) is 0. The van der Waals surface area contributed by atoms with Crippen LogP contribution in [0.4, 0.5) is 0 Å². The molecule has 0 spiro atoms. The van der Waals surface area contributed by atoms with Crippen molar-refractivity contribution >= 4 is 11.7 Å². The molecule has 0 bridgehead atoms. The molecule has 0 aliphatic carbocycles. The van der Waals surface area contributed by atoms with Crippen molar-refractivity contribution in [3.8, 4) is 0 Å². The number of likely N-dealkylation sites (N-methyl/N-ethyl adjacent to an activating group) is 1. The van der Waals surface area contributed by atoms with Crippen molar-refractivity contribution in [2.24, 2.45) is 10.9 Å². The fraction of sp³-hybridized carbons (Fsp3) is 0.951. The van der Waals surface area contributed by atoms with Gasteiger partial charge in [-0.3, -0.25) is 9.28 Å². The lowest BCUT2D eigenvalue weighted by atomic mass is 9.96. The summed E-state index contributed by atoms with van der Waals surface area (Å²) >= 11 is 0. The summed E-state index contributed by atoms with van der Waals surface area (Å²) in [6.45, 7) is 11.2. The maximum atomic E-state index is 12.8. The topological polar surface area (TPSA) is 41.5 Å². The van der Waals surface area contributed by atoms with Crippen LogP contribution >= 0.6 is 0 Å². The lowest BCUT2D eigenvalue weighted by Gasteiger charge is -2.36. The Morgan fingerprint density at radius 1 is 0.622 bits per heavy atom. The van der Waals surface area contributed by atoms with Gasteiger partial charge >= 0.3 is 0 Å². The van der Waals surface area contributed by atoms with Crippen molar-refractivity contribution in [3.63, 3.8) is 0 Å². The monoisotopic (exact) mass is 633 g/mol. The maximum Gasteiger partial charge on any atom is 0.224 e. The standard InChI is InChI=1S/C41H81N3O/c1-6-8-10-12-13-14-15-16-17-18-19-20-23-26-30-34-40-42-36-37-44(40,5)39(4)43-41(45)35-31-27-24-21-22-25-29-33-38(3)32-28-11-9-7-2/h38-39H,6-37H2,1-5H3/p+1. The Morgan fingerprint density at radius 2 is 1.02 bits per heavy atom. The summed E-state index contributed by atoms with van der Waals surface area (Å²) in [4.78, 5) is 17.7. The third kappa shape index (κ3) is 22.3. The molecule has 266 valence electrons. The SMILES string of the molecule is CCCCCCCCCCCCCCCCCC1=NCC[N+]1(C)C(C)NC(=O)CCCCCCCCCC(C)CCCCCC. The van der Waals surface area contributed by atoms with Crippen molar-refractivity contribution in [2.45, 2.75) is 226 Å². The first-order chi connectivity index (χ1) is 21.9. The lowest BCUT2D eigenvalue weighted by Crippen LogP contribution is -2.60. The number of amides is 1. The molecule has 0 saturated heterocycles. The molecule has 1 aliphatic heterocycles. The highest BCUT2D eigenvalue weighted by Gasteiger charge is 2.39. The average molecular weight is 633 g/mol. The van der Waals surface area contributed by atoms with E-state index in [0.29, 0.717) is 6.42 Å². The minimum absolute atomic E-state index is 0.115. The van der Waals surface area contributed by atoms with Crippen LogP contribution in [0.3, 0.4) is 0 Å². The van der Waals surface area contributed by atoms with Gasteiger partial charge in [0.15, 0.2) is 12.0 Å². The third-order valence-corrected chi connectivity index (χ3v) is 10.8. The first-order valence-corrected chi connectivity index (χ1v) is 20.6. The van der Waals surface area contributed by atoms with Crippen molar-refractivity contribution in [1.29, 1.82) is 0 Å². The van der Waals surface area contributed by atoms with E-state index >= 15 is 0 Å². The van der Waals surface area contributed by atoms with E-state index in [4.69, 9.17) is 4.99 Å². The molecule has 4 nitrogen and oxygen atoms in total. The molecule has 1 rings (SSSR count). The molecule has 0 fully saturated rings. The van der Waals surface area contributed by atoms with Gasteiger partial charge in [0, 0.05) is 19.8 Å². The first kappa shape index (κ1) is 42.1. The summed E-state index contributed by atoms with van der Waals surface area (Å²) in [7, 11) is 2.29. The summed E-state index contributed by atoms with van der Waals surface area (Å²) in [5, 5.41) is 3.35. The zero-order chi connectivity index (χ0) is 32.9. The Morgan fingerprint density at radius 3 is 1.51 bits per heavy atom.